The van der Waals surface area contributed by atoms with Gasteiger partial charge in [0.2, 0.25) is 0 Å². The summed E-state index contributed by atoms with van der Waals surface area (Å²) in [6, 6.07) is 2.08. The van der Waals surface area contributed by atoms with E-state index in [4.69, 9.17) is 9.72 Å². The van der Waals surface area contributed by atoms with Gasteiger partial charge in [-0.05, 0) is 38.7 Å². The summed E-state index contributed by atoms with van der Waals surface area (Å²) in [6.07, 6.45) is 6.61. The van der Waals surface area contributed by atoms with Gasteiger partial charge in [0.05, 0.1) is 7.11 Å². The standard InChI is InChI=1S/C15H20N2O2/c1-10-9-12(11-5-3-4-6-11)17-13(16-10)15(7-8-15)14(18)19-2/h9,11H,3-8H2,1-2H3. The van der Waals surface area contributed by atoms with Crippen LogP contribution in [0.3, 0.4) is 0 Å². The molecule has 0 radical (unpaired) electrons. The second kappa shape index (κ2) is 4.58. The maximum atomic E-state index is 11.9. The first kappa shape index (κ1) is 12.6. The molecule has 0 aromatic carbocycles. The highest BCUT2D eigenvalue weighted by Gasteiger charge is 2.55. The molecule has 1 aromatic heterocycles. The average Bonchev–Trinajstić information content (AvgIpc) is 3.04. The van der Waals surface area contributed by atoms with Crippen molar-refractivity contribution >= 4 is 5.97 Å². The Kier molecular flexibility index (Phi) is 3.03. The quantitative estimate of drug-likeness (QED) is 0.784. The number of carbonyl (C=O) groups excluding carboxylic acids is 1. The number of esters is 1. The molecule has 0 bridgehead atoms. The molecule has 0 N–H and O–H groups in total. The Balaban J connectivity index is 1.96. The van der Waals surface area contributed by atoms with Crippen molar-refractivity contribution in [3.05, 3.63) is 23.3 Å². The molecule has 0 saturated heterocycles. The summed E-state index contributed by atoms with van der Waals surface area (Å²) in [7, 11) is 1.44. The van der Waals surface area contributed by atoms with Gasteiger partial charge in [0, 0.05) is 17.3 Å². The molecule has 2 aliphatic rings. The minimum Gasteiger partial charge on any atom is -0.468 e. The number of nitrogens with zero attached hydrogens (tertiary/aromatic N) is 2. The van der Waals surface area contributed by atoms with E-state index < -0.39 is 5.41 Å². The van der Waals surface area contributed by atoms with E-state index in [-0.39, 0.29) is 5.97 Å². The van der Waals surface area contributed by atoms with Gasteiger partial charge in [-0.1, -0.05) is 12.8 Å². The van der Waals surface area contributed by atoms with Gasteiger partial charge in [0.15, 0.2) is 0 Å². The highest BCUT2D eigenvalue weighted by Crippen LogP contribution is 2.48. The number of methoxy groups -OCH3 is 1. The topological polar surface area (TPSA) is 52.1 Å². The van der Waals surface area contributed by atoms with Gasteiger partial charge in [0.25, 0.3) is 0 Å². The molecule has 4 nitrogen and oxygen atoms in total. The van der Waals surface area contributed by atoms with E-state index in [1.165, 1.54) is 32.8 Å². The minimum absolute atomic E-state index is 0.185. The van der Waals surface area contributed by atoms with Crippen LogP contribution in [-0.2, 0) is 14.9 Å². The highest BCUT2D eigenvalue weighted by atomic mass is 16.5. The van der Waals surface area contributed by atoms with Crippen molar-refractivity contribution in [3.8, 4) is 0 Å². The van der Waals surface area contributed by atoms with Crippen LogP contribution in [0.5, 0.6) is 0 Å². The molecule has 0 amide bonds. The molecule has 1 heterocycles. The Bertz CT molecular complexity index is 503. The predicted molar refractivity (Wildman–Crippen MR) is 70.9 cm³/mol. The minimum atomic E-state index is -0.547. The van der Waals surface area contributed by atoms with Crippen molar-refractivity contribution in [2.75, 3.05) is 7.11 Å². The number of ether oxygens (including phenoxy) is 1. The van der Waals surface area contributed by atoms with Crippen LogP contribution in [0.4, 0.5) is 0 Å². The zero-order valence-corrected chi connectivity index (χ0v) is 11.6. The zero-order chi connectivity index (χ0) is 13.5. The molecule has 0 unspecified atom stereocenters. The van der Waals surface area contributed by atoms with Gasteiger partial charge in [-0.15, -0.1) is 0 Å². The van der Waals surface area contributed by atoms with Crippen LogP contribution in [0.1, 0.15) is 61.7 Å². The number of aryl methyl sites for hydroxylation is 1. The maximum Gasteiger partial charge on any atom is 0.319 e. The third kappa shape index (κ3) is 2.13. The van der Waals surface area contributed by atoms with Crippen LogP contribution in [0, 0.1) is 6.92 Å². The molecule has 2 fully saturated rings. The number of aromatic nitrogens is 2. The Morgan fingerprint density at radius 3 is 2.58 bits per heavy atom. The van der Waals surface area contributed by atoms with Gasteiger partial charge >= 0.3 is 5.97 Å². The summed E-state index contributed by atoms with van der Waals surface area (Å²) >= 11 is 0. The van der Waals surface area contributed by atoms with Gasteiger partial charge in [-0.2, -0.15) is 0 Å². The number of hydrogen-bond donors (Lipinski definition) is 0. The Morgan fingerprint density at radius 2 is 2.00 bits per heavy atom. The zero-order valence-electron chi connectivity index (χ0n) is 11.6. The van der Waals surface area contributed by atoms with E-state index in [0.29, 0.717) is 11.7 Å². The van der Waals surface area contributed by atoms with Crippen molar-refractivity contribution in [2.24, 2.45) is 0 Å². The lowest BCUT2D eigenvalue weighted by Crippen LogP contribution is -2.25. The number of hydrogen-bond acceptors (Lipinski definition) is 4. The lowest BCUT2D eigenvalue weighted by molar-refractivity contribution is -0.143. The molecule has 2 aliphatic carbocycles. The Labute approximate surface area is 113 Å². The summed E-state index contributed by atoms with van der Waals surface area (Å²) in [5, 5.41) is 0. The molecule has 3 rings (SSSR count). The third-order valence-electron chi connectivity index (χ3n) is 4.40. The van der Waals surface area contributed by atoms with Crippen LogP contribution in [0.15, 0.2) is 6.07 Å². The Hall–Kier alpha value is -1.45. The first-order valence-corrected chi connectivity index (χ1v) is 7.10. The molecule has 1 aromatic rings. The van der Waals surface area contributed by atoms with E-state index in [0.717, 1.165) is 24.2 Å². The molecular weight excluding hydrogens is 240 g/mol. The van der Waals surface area contributed by atoms with Crippen LogP contribution >= 0.6 is 0 Å². The monoisotopic (exact) mass is 260 g/mol. The average molecular weight is 260 g/mol. The highest BCUT2D eigenvalue weighted by molar-refractivity contribution is 5.85. The molecule has 102 valence electrons. The van der Waals surface area contributed by atoms with E-state index in [1.807, 2.05) is 6.92 Å². The lowest BCUT2D eigenvalue weighted by Gasteiger charge is -2.15. The maximum absolute atomic E-state index is 11.9. The molecule has 4 heteroatoms. The predicted octanol–water partition coefficient (Wildman–Crippen LogP) is 2.65. The fourth-order valence-corrected chi connectivity index (χ4v) is 3.08. The summed E-state index contributed by atoms with van der Waals surface area (Å²) in [5.74, 6) is 1.05. The van der Waals surface area contributed by atoms with Crippen LogP contribution in [0.2, 0.25) is 0 Å². The third-order valence-corrected chi connectivity index (χ3v) is 4.40. The normalized spacial score (nSPS) is 21.4. The summed E-state index contributed by atoms with van der Waals surface area (Å²) < 4.78 is 4.92. The van der Waals surface area contributed by atoms with Gasteiger partial charge < -0.3 is 4.74 Å². The molecule has 0 atom stereocenters. The van der Waals surface area contributed by atoms with Crippen LogP contribution in [-0.4, -0.2) is 23.0 Å². The van der Waals surface area contributed by atoms with Gasteiger partial charge in [-0.3, -0.25) is 4.79 Å². The summed E-state index contributed by atoms with van der Waals surface area (Å²) in [4.78, 5) is 21.1. The lowest BCUT2D eigenvalue weighted by atomic mass is 10.0. The van der Waals surface area contributed by atoms with E-state index in [9.17, 15) is 4.79 Å². The Morgan fingerprint density at radius 1 is 1.32 bits per heavy atom. The fraction of sp³-hybridized carbons (Fsp3) is 0.667. The van der Waals surface area contributed by atoms with Crippen molar-refractivity contribution in [1.29, 1.82) is 0 Å². The smallest absolute Gasteiger partial charge is 0.319 e. The first-order valence-electron chi connectivity index (χ1n) is 7.10. The largest absolute Gasteiger partial charge is 0.468 e. The molecule has 0 spiro atoms. The number of rotatable bonds is 3. The summed E-state index contributed by atoms with van der Waals surface area (Å²) in [6.45, 7) is 1.98. The van der Waals surface area contributed by atoms with Crippen molar-refractivity contribution in [1.82, 2.24) is 9.97 Å². The van der Waals surface area contributed by atoms with Crippen molar-refractivity contribution < 1.29 is 9.53 Å². The van der Waals surface area contributed by atoms with E-state index >= 15 is 0 Å². The second-order valence-corrected chi connectivity index (χ2v) is 5.81. The van der Waals surface area contributed by atoms with E-state index in [1.54, 1.807) is 0 Å². The first-order chi connectivity index (χ1) is 9.15. The van der Waals surface area contributed by atoms with Crippen LogP contribution < -0.4 is 0 Å². The molecule has 2 saturated carbocycles. The van der Waals surface area contributed by atoms with Gasteiger partial charge in [0.1, 0.15) is 11.2 Å². The molecular formula is C15H20N2O2. The van der Waals surface area contributed by atoms with Crippen molar-refractivity contribution in [3.63, 3.8) is 0 Å². The molecule has 19 heavy (non-hydrogen) atoms. The SMILES string of the molecule is COC(=O)C1(c2nc(C)cc(C3CCCC3)n2)CC1. The van der Waals surface area contributed by atoms with E-state index in [2.05, 4.69) is 11.1 Å². The second-order valence-electron chi connectivity index (χ2n) is 5.81. The fourth-order valence-electron chi connectivity index (χ4n) is 3.08. The van der Waals surface area contributed by atoms with Crippen LogP contribution in [0.25, 0.3) is 0 Å². The molecule has 0 aliphatic heterocycles. The van der Waals surface area contributed by atoms with Crippen molar-refractivity contribution in [2.45, 2.75) is 56.8 Å². The summed E-state index contributed by atoms with van der Waals surface area (Å²) in [5.41, 5.74) is 1.53. The number of carbonyl (C=O) groups is 1. The van der Waals surface area contributed by atoms with Gasteiger partial charge in [-0.25, -0.2) is 9.97 Å².